The number of hydrogen-bond acceptors (Lipinski definition) is 4. The minimum Gasteiger partial charge on any atom is -0.481 e. The van der Waals surface area contributed by atoms with Gasteiger partial charge in [0.15, 0.2) is 0 Å². The fraction of sp³-hybridized carbons (Fsp3) is 0.583. The lowest BCUT2D eigenvalue weighted by Crippen LogP contribution is -2.38. The highest BCUT2D eigenvalue weighted by molar-refractivity contribution is 7.11. The molecule has 19 heavy (non-hydrogen) atoms. The molecular formula is C12H17N3O3S. The quantitative estimate of drug-likeness (QED) is 0.876. The molecule has 1 saturated heterocycles. The standard InChI is InChI=1S/C12H17N3O3S/c1-7-5-15(6-9(7)11(16)17)12(18)14-4-10-13-3-8(2)19-10/h3,7,9H,4-6H2,1-2H3,(H,14,18)(H,16,17). The lowest BCUT2D eigenvalue weighted by atomic mass is 9.99. The predicted molar refractivity (Wildman–Crippen MR) is 70.9 cm³/mol. The monoisotopic (exact) mass is 283 g/mol. The van der Waals surface area contributed by atoms with Crippen LogP contribution in [0.15, 0.2) is 6.20 Å². The van der Waals surface area contributed by atoms with Gasteiger partial charge in [-0.2, -0.15) is 0 Å². The number of thiazole rings is 1. The molecule has 2 heterocycles. The molecule has 6 nitrogen and oxygen atoms in total. The minimum absolute atomic E-state index is 0.00893. The van der Waals surface area contributed by atoms with Crippen molar-refractivity contribution in [3.63, 3.8) is 0 Å². The number of carboxylic acids is 1. The maximum absolute atomic E-state index is 11.9. The first-order valence-electron chi connectivity index (χ1n) is 6.14. The average molecular weight is 283 g/mol. The van der Waals surface area contributed by atoms with Crippen LogP contribution in [0.1, 0.15) is 16.8 Å². The summed E-state index contributed by atoms with van der Waals surface area (Å²) in [5.41, 5.74) is 0. The summed E-state index contributed by atoms with van der Waals surface area (Å²) in [4.78, 5) is 29.8. The van der Waals surface area contributed by atoms with E-state index in [2.05, 4.69) is 10.3 Å². The molecule has 1 aromatic rings. The molecule has 0 aromatic carbocycles. The van der Waals surface area contributed by atoms with Crippen molar-refractivity contribution in [3.8, 4) is 0 Å². The molecule has 7 heteroatoms. The number of carboxylic acid groups (broad SMARTS) is 1. The third kappa shape index (κ3) is 3.23. The van der Waals surface area contributed by atoms with E-state index in [-0.39, 0.29) is 18.5 Å². The van der Waals surface area contributed by atoms with Gasteiger partial charge in [0.1, 0.15) is 5.01 Å². The van der Waals surface area contributed by atoms with Gasteiger partial charge < -0.3 is 15.3 Å². The summed E-state index contributed by atoms with van der Waals surface area (Å²) in [6, 6.07) is -0.219. The number of likely N-dealkylation sites (tertiary alicyclic amines) is 1. The molecule has 1 aliphatic heterocycles. The summed E-state index contributed by atoms with van der Waals surface area (Å²) in [5.74, 6) is -1.31. The highest BCUT2D eigenvalue weighted by Gasteiger charge is 2.36. The number of aromatic nitrogens is 1. The van der Waals surface area contributed by atoms with E-state index >= 15 is 0 Å². The Morgan fingerprint density at radius 2 is 2.32 bits per heavy atom. The molecular weight excluding hydrogens is 266 g/mol. The number of amides is 2. The summed E-state index contributed by atoms with van der Waals surface area (Å²) in [5, 5.41) is 12.7. The van der Waals surface area contributed by atoms with Crippen molar-refractivity contribution >= 4 is 23.3 Å². The summed E-state index contributed by atoms with van der Waals surface area (Å²) < 4.78 is 0. The molecule has 0 bridgehead atoms. The van der Waals surface area contributed by atoms with Gasteiger partial charge in [-0.25, -0.2) is 9.78 Å². The van der Waals surface area contributed by atoms with Gasteiger partial charge in [0.2, 0.25) is 0 Å². The number of aryl methyl sites for hydroxylation is 1. The van der Waals surface area contributed by atoms with E-state index in [0.29, 0.717) is 13.1 Å². The van der Waals surface area contributed by atoms with Crippen molar-refractivity contribution in [2.45, 2.75) is 20.4 Å². The lowest BCUT2D eigenvalue weighted by Gasteiger charge is -2.16. The van der Waals surface area contributed by atoms with Crippen LogP contribution < -0.4 is 5.32 Å². The molecule has 1 aliphatic rings. The topological polar surface area (TPSA) is 82.5 Å². The smallest absolute Gasteiger partial charge is 0.317 e. The van der Waals surface area contributed by atoms with E-state index in [1.807, 2.05) is 13.8 Å². The Hall–Kier alpha value is -1.63. The van der Waals surface area contributed by atoms with Crippen molar-refractivity contribution < 1.29 is 14.7 Å². The van der Waals surface area contributed by atoms with Crippen LogP contribution >= 0.6 is 11.3 Å². The first-order valence-corrected chi connectivity index (χ1v) is 6.96. The summed E-state index contributed by atoms with van der Waals surface area (Å²) in [6.45, 7) is 4.97. The molecule has 0 aliphatic carbocycles. The number of nitrogens with one attached hydrogen (secondary N) is 1. The second-order valence-corrected chi connectivity index (χ2v) is 6.17. The molecule has 2 unspecified atom stereocenters. The van der Waals surface area contributed by atoms with Gasteiger partial charge in [-0.3, -0.25) is 4.79 Å². The molecule has 2 rings (SSSR count). The van der Waals surface area contributed by atoms with Gasteiger partial charge in [-0.15, -0.1) is 11.3 Å². The Kier molecular flexibility index (Phi) is 4.04. The Morgan fingerprint density at radius 3 is 2.84 bits per heavy atom. The summed E-state index contributed by atoms with van der Waals surface area (Å²) in [6.07, 6.45) is 1.77. The fourth-order valence-electron chi connectivity index (χ4n) is 2.20. The van der Waals surface area contributed by atoms with Crippen LogP contribution in [-0.2, 0) is 11.3 Å². The van der Waals surface area contributed by atoms with E-state index < -0.39 is 11.9 Å². The second kappa shape index (κ2) is 5.56. The van der Waals surface area contributed by atoms with E-state index in [4.69, 9.17) is 5.11 Å². The normalized spacial score (nSPS) is 22.5. The number of carbonyl (C=O) groups excluding carboxylic acids is 1. The first-order chi connectivity index (χ1) is 8.97. The average Bonchev–Trinajstić information content (AvgIpc) is 2.92. The molecule has 2 atom stereocenters. The zero-order valence-electron chi connectivity index (χ0n) is 10.9. The maximum Gasteiger partial charge on any atom is 0.317 e. The number of nitrogens with zero attached hydrogens (tertiary/aromatic N) is 2. The molecule has 1 fully saturated rings. The van der Waals surface area contributed by atoms with Crippen LogP contribution in [0.4, 0.5) is 4.79 Å². The highest BCUT2D eigenvalue weighted by Crippen LogP contribution is 2.23. The minimum atomic E-state index is -0.835. The number of rotatable bonds is 3. The predicted octanol–water partition coefficient (Wildman–Crippen LogP) is 1.31. The van der Waals surface area contributed by atoms with Gasteiger partial charge in [0.05, 0.1) is 12.5 Å². The second-order valence-electron chi connectivity index (χ2n) is 4.85. The molecule has 2 N–H and O–H groups in total. The zero-order valence-corrected chi connectivity index (χ0v) is 11.7. The highest BCUT2D eigenvalue weighted by atomic mass is 32.1. The first kappa shape index (κ1) is 13.8. The van der Waals surface area contributed by atoms with Crippen molar-refractivity contribution in [1.29, 1.82) is 0 Å². The number of carbonyl (C=O) groups is 2. The number of aliphatic carboxylic acids is 1. The van der Waals surface area contributed by atoms with Crippen molar-refractivity contribution in [2.75, 3.05) is 13.1 Å². The Morgan fingerprint density at radius 1 is 1.58 bits per heavy atom. The largest absolute Gasteiger partial charge is 0.481 e. The fourth-order valence-corrected chi connectivity index (χ4v) is 2.93. The zero-order chi connectivity index (χ0) is 14.0. The molecule has 104 valence electrons. The van der Waals surface area contributed by atoms with E-state index in [1.54, 1.807) is 11.1 Å². The van der Waals surface area contributed by atoms with Crippen molar-refractivity contribution in [3.05, 3.63) is 16.1 Å². The van der Waals surface area contributed by atoms with E-state index in [1.165, 1.54) is 11.3 Å². The molecule has 0 spiro atoms. The summed E-state index contributed by atoms with van der Waals surface area (Å²) >= 11 is 1.54. The SMILES string of the molecule is Cc1cnc(CNC(=O)N2CC(C)C(C(=O)O)C2)s1. The van der Waals surface area contributed by atoms with Gasteiger partial charge in [-0.05, 0) is 12.8 Å². The Bertz CT molecular complexity index is 488. The van der Waals surface area contributed by atoms with E-state index in [9.17, 15) is 9.59 Å². The maximum atomic E-state index is 11.9. The molecule has 0 radical (unpaired) electrons. The van der Waals surface area contributed by atoms with Gasteiger partial charge >= 0.3 is 12.0 Å². The third-order valence-electron chi connectivity index (χ3n) is 3.28. The third-order valence-corrected chi connectivity index (χ3v) is 4.19. The Labute approximate surface area is 115 Å². The van der Waals surface area contributed by atoms with Crippen LogP contribution in [0.25, 0.3) is 0 Å². The van der Waals surface area contributed by atoms with Gasteiger partial charge in [0, 0.05) is 24.2 Å². The van der Waals surface area contributed by atoms with Crippen LogP contribution in [0.3, 0.4) is 0 Å². The number of urea groups is 1. The van der Waals surface area contributed by atoms with Crippen molar-refractivity contribution in [1.82, 2.24) is 15.2 Å². The molecule has 0 saturated carbocycles. The summed E-state index contributed by atoms with van der Waals surface area (Å²) in [7, 11) is 0. The molecule has 1 aromatic heterocycles. The van der Waals surface area contributed by atoms with E-state index in [0.717, 1.165) is 9.88 Å². The van der Waals surface area contributed by atoms with Gasteiger partial charge in [-0.1, -0.05) is 6.92 Å². The van der Waals surface area contributed by atoms with Crippen LogP contribution in [0, 0.1) is 18.8 Å². The van der Waals surface area contributed by atoms with Crippen molar-refractivity contribution in [2.24, 2.45) is 11.8 Å². The van der Waals surface area contributed by atoms with Crippen LogP contribution in [0.5, 0.6) is 0 Å². The Balaban J connectivity index is 1.86. The lowest BCUT2D eigenvalue weighted by molar-refractivity contribution is -0.142. The molecule has 2 amide bonds. The van der Waals surface area contributed by atoms with Crippen LogP contribution in [0.2, 0.25) is 0 Å². The number of hydrogen-bond donors (Lipinski definition) is 2. The van der Waals surface area contributed by atoms with Gasteiger partial charge in [0.25, 0.3) is 0 Å². The van der Waals surface area contributed by atoms with Crippen LogP contribution in [-0.4, -0.2) is 40.1 Å².